The van der Waals surface area contributed by atoms with Crippen molar-refractivity contribution in [1.29, 1.82) is 0 Å². The summed E-state index contributed by atoms with van der Waals surface area (Å²) in [4.78, 5) is 27.4. The van der Waals surface area contributed by atoms with Gasteiger partial charge in [-0.05, 0) is 24.8 Å². The Labute approximate surface area is 129 Å². The third-order valence-corrected chi connectivity index (χ3v) is 4.33. The number of carbonyl (C=O) groups is 2. The number of amides is 2. The minimum atomic E-state index is -0.225. The molecule has 2 fully saturated rings. The number of hydrogen-bond donors (Lipinski definition) is 0. The maximum Gasteiger partial charge on any atom is 0.409 e. The summed E-state index contributed by atoms with van der Waals surface area (Å²) < 4.78 is 6.77. The minimum Gasteiger partial charge on any atom is -0.448 e. The molecular weight excluding hydrogens is 284 g/mol. The highest BCUT2D eigenvalue weighted by Gasteiger charge is 2.31. The predicted molar refractivity (Wildman–Crippen MR) is 79.2 cm³/mol. The zero-order valence-corrected chi connectivity index (χ0v) is 12.9. The van der Waals surface area contributed by atoms with E-state index < -0.39 is 0 Å². The molecule has 0 spiro atoms. The molecule has 2 amide bonds. The first-order valence-electron chi connectivity index (χ1n) is 7.86. The summed E-state index contributed by atoms with van der Waals surface area (Å²) in [5.41, 5.74) is 0.957. The summed E-state index contributed by atoms with van der Waals surface area (Å²) in [6, 6.07) is 0. The van der Waals surface area contributed by atoms with E-state index in [2.05, 4.69) is 5.10 Å². The van der Waals surface area contributed by atoms with E-state index in [1.165, 1.54) is 0 Å². The second kappa shape index (κ2) is 6.37. The molecule has 0 radical (unpaired) electrons. The lowest BCUT2D eigenvalue weighted by Gasteiger charge is -2.19. The van der Waals surface area contributed by atoms with Crippen LogP contribution in [-0.4, -0.2) is 64.4 Å². The summed E-state index contributed by atoms with van der Waals surface area (Å²) in [7, 11) is 0. The highest BCUT2D eigenvalue weighted by molar-refractivity contribution is 5.79. The molecule has 7 heteroatoms. The van der Waals surface area contributed by atoms with Crippen LogP contribution in [0.3, 0.4) is 0 Å². The van der Waals surface area contributed by atoms with Gasteiger partial charge in [0, 0.05) is 32.4 Å². The number of cyclic esters (lactones) is 1. The summed E-state index contributed by atoms with van der Waals surface area (Å²) in [5, 5.41) is 4.19. The van der Waals surface area contributed by atoms with Gasteiger partial charge in [-0.1, -0.05) is 0 Å². The molecular formula is C15H22N4O3. The van der Waals surface area contributed by atoms with Gasteiger partial charge in [0.2, 0.25) is 5.91 Å². The molecule has 2 aliphatic heterocycles. The van der Waals surface area contributed by atoms with Gasteiger partial charge in [-0.15, -0.1) is 0 Å². The number of hydrogen-bond acceptors (Lipinski definition) is 4. The molecule has 2 aliphatic rings. The lowest BCUT2D eigenvalue weighted by Crippen LogP contribution is -2.34. The largest absolute Gasteiger partial charge is 0.448 e. The zero-order chi connectivity index (χ0) is 15.5. The standard InChI is InChI=1S/C15H22N4O3/c1-2-19-11-13(8-16-19)7-14(20)17-4-3-12(9-17)10-18-5-6-22-15(18)21/h8,11-12H,2-7,9-10H2,1H3. The normalized spacial score (nSPS) is 21.5. The minimum absolute atomic E-state index is 0.141. The highest BCUT2D eigenvalue weighted by Crippen LogP contribution is 2.20. The second-order valence-electron chi connectivity index (χ2n) is 5.94. The Morgan fingerprint density at radius 1 is 1.45 bits per heavy atom. The van der Waals surface area contributed by atoms with Crippen molar-refractivity contribution in [1.82, 2.24) is 19.6 Å². The van der Waals surface area contributed by atoms with Crippen LogP contribution in [0.15, 0.2) is 12.4 Å². The summed E-state index contributed by atoms with van der Waals surface area (Å²) >= 11 is 0. The monoisotopic (exact) mass is 306 g/mol. The van der Waals surface area contributed by atoms with E-state index in [4.69, 9.17) is 4.74 Å². The van der Waals surface area contributed by atoms with Crippen LogP contribution in [0.4, 0.5) is 4.79 Å². The topological polar surface area (TPSA) is 67.7 Å². The Kier molecular flexibility index (Phi) is 4.31. The van der Waals surface area contributed by atoms with Crippen LogP contribution in [0, 0.1) is 5.92 Å². The van der Waals surface area contributed by atoms with Crippen LogP contribution in [0.25, 0.3) is 0 Å². The Morgan fingerprint density at radius 2 is 2.32 bits per heavy atom. The molecule has 3 rings (SSSR count). The molecule has 1 atom stereocenters. The van der Waals surface area contributed by atoms with Gasteiger partial charge in [0.15, 0.2) is 0 Å². The first-order valence-corrected chi connectivity index (χ1v) is 7.86. The number of nitrogens with zero attached hydrogens (tertiary/aromatic N) is 4. The van der Waals surface area contributed by atoms with Crippen LogP contribution >= 0.6 is 0 Å². The van der Waals surface area contributed by atoms with Crippen molar-refractivity contribution in [2.24, 2.45) is 5.92 Å². The number of rotatable bonds is 5. The molecule has 1 unspecified atom stereocenters. The van der Waals surface area contributed by atoms with Gasteiger partial charge in [0.05, 0.1) is 19.2 Å². The molecule has 1 aromatic rings. The third-order valence-electron chi connectivity index (χ3n) is 4.33. The molecule has 2 saturated heterocycles. The van der Waals surface area contributed by atoms with Crippen molar-refractivity contribution in [3.63, 3.8) is 0 Å². The fourth-order valence-electron chi connectivity index (χ4n) is 3.07. The zero-order valence-electron chi connectivity index (χ0n) is 12.9. The Bertz CT molecular complexity index is 557. The maximum atomic E-state index is 12.3. The van der Waals surface area contributed by atoms with Crippen LogP contribution in [0.5, 0.6) is 0 Å². The van der Waals surface area contributed by atoms with Gasteiger partial charge in [0.1, 0.15) is 6.61 Å². The average Bonchev–Trinajstić information content (AvgIpc) is 3.22. The summed E-state index contributed by atoms with van der Waals surface area (Å²) in [6.07, 6.45) is 4.81. The third kappa shape index (κ3) is 3.23. The molecule has 0 N–H and O–H groups in total. The summed E-state index contributed by atoms with van der Waals surface area (Å²) in [5.74, 6) is 0.495. The lowest BCUT2D eigenvalue weighted by atomic mass is 10.1. The molecule has 120 valence electrons. The van der Waals surface area contributed by atoms with Crippen molar-refractivity contribution >= 4 is 12.0 Å². The van der Waals surface area contributed by atoms with Crippen LogP contribution < -0.4 is 0 Å². The first-order chi connectivity index (χ1) is 10.7. The molecule has 0 saturated carbocycles. The average molecular weight is 306 g/mol. The van der Waals surface area contributed by atoms with Gasteiger partial charge in [-0.3, -0.25) is 9.48 Å². The number of aryl methyl sites for hydroxylation is 1. The van der Waals surface area contributed by atoms with E-state index in [0.29, 0.717) is 32.0 Å². The van der Waals surface area contributed by atoms with Crippen molar-refractivity contribution in [3.05, 3.63) is 18.0 Å². The Morgan fingerprint density at radius 3 is 3.00 bits per heavy atom. The van der Waals surface area contributed by atoms with E-state index in [1.807, 2.05) is 22.7 Å². The van der Waals surface area contributed by atoms with Crippen molar-refractivity contribution in [3.8, 4) is 0 Å². The molecule has 0 bridgehead atoms. The molecule has 3 heterocycles. The number of likely N-dealkylation sites (tertiary alicyclic amines) is 1. The quantitative estimate of drug-likeness (QED) is 0.805. The Hall–Kier alpha value is -2.05. The van der Waals surface area contributed by atoms with E-state index in [9.17, 15) is 9.59 Å². The van der Waals surface area contributed by atoms with Gasteiger partial charge < -0.3 is 14.5 Å². The van der Waals surface area contributed by atoms with E-state index >= 15 is 0 Å². The predicted octanol–water partition coefficient (Wildman–Crippen LogP) is 0.746. The molecule has 1 aromatic heterocycles. The first kappa shape index (κ1) is 14.9. The van der Waals surface area contributed by atoms with E-state index in [1.54, 1.807) is 11.1 Å². The molecule has 0 aliphatic carbocycles. The van der Waals surface area contributed by atoms with Crippen LogP contribution in [0.1, 0.15) is 18.9 Å². The van der Waals surface area contributed by atoms with E-state index in [-0.39, 0.29) is 12.0 Å². The Balaban J connectivity index is 1.49. The van der Waals surface area contributed by atoms with Crippen molar-refractivity contribution < 1.29 is 14.3 Å². The molecule has 22 heavy (non-hydrogen) atoms. The molecule has 0 aromatic carbocycles. The molecule has 7 nitrogen and oxygen atoms in total. The van der Waals surface area contributed by atoms with Crippen molar-refractivity contribution in [2.75, 3.05) is 32.8 Å². The van der Waals surface area contributed by atoms with Crippen LogP contribution in [-0.2, 0) is 22.5 Å². The number of aromatic nitrogens is 2. The highest BCUT2D eigenvalue weighted by atomic mass is 16.6. The fraction of sp³-hybridized carbons (Fsp3) is 0.667. The van der Waals surface area contributed by atoms with Crippen LogP contribution in [0.2, 0.25) is 0 Å². The summed E-state index contributed by atoms with van der Waals surface area (Å²) in [6.45, 7) is 6.17. The SMILES string of the molecule is CCn1cc(CC(=O)N2CCC(CN3CCOC3=O)C2)cn1. The van der Waals surface area contributed by atoms with Crippen molar-refractivity contribution in [2.45, 2.75) is 26.3 Å². The van der Waals surface area contributed by atoms with Gasteiger partial charge >= 0.3 is 6.09 Å². The van der Waals surface area contributed by atoms with Gasteiger partial charge in [-0.25, -0.2) is 4.79 Å². The lowest BCUT2D eigenvalue weighted by molar-refractivity contribution is -0.129. The van der Waals surface area contributed by atoms with Gasteiger partial charge in [-0.2, -0.15) is 5.10 Å². The second-order valence-corrected chi connectivity index (χ2v) is 5.94. The van der Waals surface area contributed by atoms with E-state index in [0.717, 1.165) is 31.6 Å². The maximum absolute atomic E-state index is 12.3. The number of carbonyl (C=O) groups excluding carboxylic acids is 2. The van der Waals surface area contributed by atoms with Gasteiger partial charge in [0.25, 0.3) is 0 Å². The fourth-order valence-corrected chi connectivity index (χ4v) is 3.07. The number of ether oxygens (including phenoxy) is 1. The smallest absolute Gasteiger partial charge is 0.409 e.